The van der Waals surface area contributed by atoms with Gasteiger partial charge in [-0.1, -0.05) is 24.3 Å². The Morgan fingerprint density at radius 1 is 1.07 bits per heavy atom. The second kappa shape index (κ2) is 5.14. The van der Waals surface area contributed by atoms with Gasteiger partial charge in [0.2, 0.25) is 0 Å². The van der Waals surface area contributed by atoms with Gasteiger partial charge in [0.25, 0.3) is 0 Å². The quantitative estimate of drug-likeness (QED) is 0.808. The summed E-state index contributed by atoms with van der Waals surface area (Å²) in [5.41, 5.74) is 7.18. The molecule has 0 amide bonds. The zero-order valence-electron chi connectivity index (χ0n) is 8.14. The lowest BCUT2D eigenvalue weighted by atomic mass is 10.1. The molecule has 0 bridgehead atoms. The molecular weight excluding hydrogens is 205 g/mol. The van der Waals surface area contributed by atoms with Crippen LogP contribution < -0.4 is 11.1 Å². The first-order valence-corrected chi connectivity index (χ1v) is 4.56. The molecule has 2 nitrogen and oxygen atoms in total. The molecule has 0 heterocycles. The molecule has 0 radical (unpaired) electrons. The minimum absolute atomic E-state index is 0.213. The van der Waals surface area contributed by atoms with Crippen LogP contribution in [0.1, 0.15) is 11.1 Å². The van der Waals surface area contributed by atoms with Gasteiger partial charge in [0.05, 0.1) is 6.54 Å². The first kappa shape index (κ1) is 12.0. The van der Waals surface area contributed by atoms with Crippen LogP contribution in [-0.4, -0.2) is 12.7 Å². The average Bonchev–Trinajstić information content (AvgIpc) is 2.17. The number of alkyl halides is 3. The summed E-state index contributed by atoms with van der Waals surface area (Å²) in [5.74, 6) is 0. The largest absolute Gasteiger partial charge is 0.401 e. The highest BCUT2D eigenvalue weighted by atomic mass is 19.4. The van der Waals surface area contributed by atoms with Crippen molar-refractivity contribution in [3.05, 3.63) is 35.4 Å². The smallest absolute Gasteiger partial charge is 0.326 e. The zero-order valence-corrected chi connectivity index (χ0v) is 8.14. The van der Waals surface area contributed by atoms with Crippen molar-refractivity contribution in [3.8, 4) is 0 Å². The van der Waals surface area contributed by atoms with E-state index in [1.54, 1.807) is 12.1 Å². The summed E-state index contributed by atoms with van der Waals surface area (Å²) in [4.78, 5) is 0. The molecule has 1 aromatic carbocycles. The molecule has 0 aliphatic heterocycles. The first-order chi connectivity index (χ1) is 7.01. The summed E-state index contributed by atoms with van der Waals surface area (Å²) in [6, 6.07) is 7.16. The van der Waals surface area contributed by atoms with Gasteiger partial charge >= 0.3 is 6.18 Å². The molecule has 0 saturated heterocycles. The van der Waals surface area contributed by atoms with Crippen LogP contribution in [0.3, 0.4) is 0 Å². The van der Waals surface area contributed by atoms with Gasteiger partial charge in [-0.05, 0) is 11.1 Å². The Hall–Kier alpha value is -1.07. The molecule has 0 fully saturated rings. The van der Waals surface area contributed by atoms with E-state index in [2.05, 4.69) is 5.32 Å². The standard InChI is InChI=1S/C10H13F3N2/c11-10(12,13)7-15-6-9-3-1-8(5-14)2-4-9/h1-4,15H,5-7,14H2. The molecule has 0 atom stereocenters. The van der Waals surface area contributed by atoms with Gasteiger partial charge in [-0.25, -0.2) is 0 Å². The number of hydrogen-bond acceptors (Lipinski definition) is 2. The molecule has 0 saturated carbocycles. The van der Waals surface area contributed by atoms with Crippen molar-refractivity contribution >= 4 is 0 Å². The molecule has 1 rings (SSSR count). The molecule has 84 valence electrons. The van der Waals surface area contributed by atoms with Crippen LogP contribution in [-0.2, 0) is 13.1 Å². The second-order valence-corrected chi connectivity index (χ2v) is 3.24. The molecular formula is C10H13F3N2. The summed E-state index contributed by atoms with van der Waals surface area (Å²) in [7, 11) is 0. The number of nitrogens with two attached hydrogens (primary N) is 1. The summed E-state index contributed by atoms with van der Waals surface area (Å²) >= 11 is 0. The molecule has 0 aliphatic carbocycles. The zero-order chi connectivity index (χ0) is 11.3. The summed E-state index contributed by atoms with van der Waals surface area (Å²) < 4.78 is 35.4. The van der Waals surface area contributed by atoms with E-state index >= 15 is 0 Å². The Morgan fingerprint density at radius 2 is 1.60 bits per heavy atom. The molecule has 0 unspecified atom stereocenters. The second-order valence-electron chi connectivity index (χ2n) is 3.24. The van der Waals surface area contributed by atoms with Crippen LogP contribution in [0.2, 0.25) is 0 Å². The molecule has 0 aromatic heterocycles. The number of benzene rings is 1. The van der Waals surface area contributed by atoms with Gasteiger partial charge < -0.3 is 11.1 Å². The maximum absolute atomic E-state index is 11.8. The van der Waals surface area contributed by atoms with Crippen molar-refractivity contribution in [1.82, 2.24) is 5.32 Å². The highest BCUT2D eigenvalue weighted by Gasteiger charge is 2.25. The van der Waals surface area contributed by atoms with E-state index in [-0.39, 0.29) is 6.54 Å². The Morgan fingerprint density at radius 3 is 2.07 bits per heavy atom. The maximum Gasteiger partial charge on any atom is 0.401 e. The minimum Gasteiger partial charge on any atom is -0.326 e. The summed E-state index contributed by atoms with van der Waals surface area (Å²) in [5, 5.41) is 2.32. The average molecular weight is 218 g/mol. The Labute approximate surface area is 86.3 Å². The predicted octanol–water partition coefficient (Wildman–Crippen LogP) is 1.80. The maximum atomic E-state index is 11.8. The van der Waals surface area contributed by atoms with Crippen LogP contribution in [0.4, 0.5) is 13.2 Å². The third kappa shape index (κ3) is 4.80. The van der Waals surface area contributed by atoms with E-state index in [0.717, 1.165) is 11.1 Å². The van der Waals surface area contributed by atoms with E-state index in [9.17, 15) is 13.2 Å². The fourth-order valence-electron chi connectivity index (χ4n) is 1.14. The van der Waals surface area contributed by atoms with Crippen molar-refractivity contribution in [2.45, 2.75) is 19.3 Å². The monoisotopic (exact) mass is 218 g/mol. The van der Waals surface area contributed by atoms with E-state index in [1.807, 2.05) is 12.1 Å². The summed E-state index contributed by atoms with van der Waals surface area (Å²) in [6.45, 7) is -0.313. The topological polar surface area (TPSA) is 38.0 Å². The Bertz CT molecular complexity index is 293. The van der Waals surface area contributed by atoms with E-state index in [1.165, 1.54) is 0 Å². The minimum atomic E-state index is -4.16. The number of rotatable bonds is 4. The Kier molecular flexibility index (Phi) is 4.11. The third-order valence-electron chi connectivity index (χ3n) is 1.91. The van der Waals surface area contributed by atoms with Crippen molar-refractivity contribution in [3.63, 3.8) is 0 Å². The van der Waals surface area contributed by atoms with Crippen molar-refractivity contribution in [1.29, 1.82) is 0 Å². The lowest BCUT2D eigenvalue weighted by molar-refractivity contribution is -0.125. The first-order valence-electron chi connectivity index (χ1n) is 4.56. The van der Waals surface area contributed by atoms with E-state index < -0.39 is 12.7 Å². The van der Waals surface area contributed by atoms with Gasteiger partial charge in [-0.3, -0.25) is 0 Å². The number of halogens is 3. The number of nitrogens with one attached hydrogen (secondary N) is 1. The van der Waals surface area contributed by atoms with Crippen LogP contribution in [0.5, 0.6) is 0 Å². The van der Waals surface area contributed by atoms with Crippen molar-refractivity contribution < 1.29 is 13.2 Å². The van der Waals surface area contributed by atoms with Gasteiger partial charge in [-0.15, -0.1) is 0 Å². The van der Waals surface area contributed by atoms with Gasteiger partial charge in [0.1, 0.15) is 0 Å². The van der Waals surface area contributed by atoms with E-state index in [4.69, 9.17) is 5.73 Å². The molecule has 0 spiro atoms. The highest BCUT2D eigenvalue weighted by molar-refractivity contribution is 5.22. The summed E-state index contributed by atoms with van der Waals surface area (Å²) in [6.07, 6.45) is -4.16. The van der Waals surface area contributed by atoms with E-state index in [0.29, 0.717) is 6.54 Å². The van der Waals surface area contributed by atoms with Crippen LogP contribution in [0.15, 0.2) is 24.3 Å². The lowest BCUT2D eigenvalue weighted by Gasteiger charge is -2.08. The molecule has 0 aliphatic rings. The van der Waals surface area contributed by atoms with Gasteiger partial charge in [0, 0.05) is 13.1 Å². The fraction of sp³-hybridized carbons (Fsp3) is 0.400. The van der Waals surface area contributed by atoms with Gasteiger partial charge in [-0.2, -0.15) is 13.2 Å². The van der Waals surface area contributed by atoms with Crippen LogP contribution >= 0.6 is 0 Å². The normalized spacial score (nSPS) is 11.7. The third-order valence-corrected chi connectivity index (χ3v) is 1.91. The van der Waals surface area contributed by atoms with Crippen LogP contribution in [0, 0.1) is 0 Å². The molecule has 3 N–H and O–H groups in total. The molecule has 15 heavy (non-hydrogen) atoms. The fourth-order valence-corrected chi connectivity index (χ4v) is 1.14. The Balaban J connectivity index is 2.38. The number of hydrogen-bond donors (Lipinski definition) is 2. The predicted molar refractivity (Wildman–Crippen MR) is 52.1 cm³/mol. The SMILES string of the molecule is NCc1ccc(CNCC(F)(F)F)cc1. The lowest BCUT2D eigenvalue weighted by Crippen LogP contribution is -2.28. The van der Waals surface area contributed by atoms with Crippen LogP contribution in [0.25, 0.3) is 0 Å². The van der Waals surface area contributed by atoms with Crippen molar-refractivity contribution in [2.24, 2.45) is 5.73 Å². The molecule has 1 aromatic rings. The molecule has 5 heteroatoms. The highest BCUT2D eigenvalue weighted by Crippen LogP contribution is 2.12. The van der Waals surface area contributed by atoms with Gasteiger partial charge in [0.15, 0.2) is 0 Å². The van der Waals surface area contributed by atoms with Crippen molar-refractivity contribution in [2.75, 3.05) is 6.54 Å².